The maximum absolute atomic E-state index is 10.1. The fraction of sp³-hybridized carbons (Fsp3) is 0.600. The fourth-order valence-electron chi connectivity index (χ4n) is 2.31. The van der Waals surface area contributed by atoms with E-state index in [1.54, 1.807) is 0 Å². The van der Waals surface area contributed by atoms with Crippen LogP contribution in [0.4, 0.5) is 0 Å². The van der Waals surface area contributed by atoms with Gasteiger partial charge in [-0.3, -0.25) is 0 Å². The Morgan fingerprint density at radius 3 is 2.50 bits per heavy atom. The standard InChI is InChI=1S/C15H22O7/c1-19-15-13(18)14(12(17)11(7-16)22-15)21-9-20-8-10-5-3-2-4-6-10/h2-6,11-18H,7-9H2,1H3/t11-,12+,13-,14+,15+/m1/s1. The van der Waals surface area contributed by atoms with Crippen molar-refractivity contribution < 1.29 is 34.3 Å². The fourth-order valence-corrected chi connectivity index (χ4v) is 2.31. The summed E-state index contributed by atoms with van der Waals surface area (Å²) in [5.41, 5.74) is 0.988. The van der Waals surface area contributed by atoms with Crippen LogP contribution in [0.25, 0.3) is 0 Å². The second-order valence-corrected chi connectivity index (χ2v) is 5.03. The van der Waals surface area contributed by atoms with Gasteiger partial charge in [-0.05, 0) is 5.56 Å². The monoisotopic (exact) mass is 314 g/mol. The molecule has 0 radical (unpaired) electrons. The molecule has 1 fully saturated rings. The lowest BCUT2D eigenvalue weighted by Gasteiger charge is -2.41. The van der Waals surface area contributed by atoms with Crippen LogP contribution in [0.2, 0.25) is 0 Å². The number of ether oxygens (including phenoxy) is 4. The predicted molar refractivity (Wildman–Crippen MR) is 75.7 cm³/mol. The Hall–Kier alpha value is -1.06. The molecule has 0 amide bonds. The first-order valence-electron chi connectivity index (χ1n) is 7.06. The van der Waals surface area contributed by atoms with Gasteiger partial charge in [0.05, 0.1) is 13.2 Å². The van der Waals surface area contributed by atoms with E-state index in [4.69, 9.17) is 18.9 Å². The van der Waals surface area contributed by atoms with E-state index in [1.165, 1.54) is 7.11 Å². The van der Waals surface area contributed by atoms with Crippen molar-refractivity contribution in [3.8, 4) is 0 Å². The van der Waals surface area contributed by atoms with E-state index in [0.29, 0.717) is 6.61 Å². The minimum Gasteiger partial charge on any atom is -0.394 e. The van der Waals surface area contributed by atoms with Gasteiger partial charge < -0.3 is 34.3 Å². The van der Waals surface area contributed by atoms with E-state index in [-0.39, 0.29) is 6.79 Å². The molecule has 1 heterocycles. The highest BCUT2D eigenvalue weighted by Crippen LogP contribution is 2.24. The number of methoxy groups -OCH3 is 1. The molecule has 0 aliphatic carbocycles. The number of hydrogen-bond acceptors (Lipinski definition) is 7. The Morgan fingerprint density at radius 2 is 1.86 bits per heavy atom. The maximum Gasteiger partial charge on any atom is 0.186 e. The predicted octanol–water partition coefficient (Wildman–Crippen LogP) is -0.369. The van der Waals surface area contributed by atoms with Crippen LogP contribution >= 0.6 is 0 Å². The average molecular weight is 314 g/mol. The van der Waals surface area contributed by atoms with E-state index in [9.17, 15) is 15.3 Å². The normalized spacial score (nSPS) is 32.1. The molecule has 1 aliphatic rings. The molecule has 5 atom stereocenters. The zero-order valence-corrected chi connectivity index (χ0v) is 12.4. The van der Waals surface area contributed by atoms with Gasteiger partial charge in [-0.1, -0.05) is 30.3 Å². The van der Waals surface area contributed by atoms with Gasteiger partial charge >= 0.3 is 0 Å². The largest absolute Gasteiger partial charge is 0.394 e. The first-order valence-corrected chi connectivity index (χ1v) is 7.06. The summed E-state index contributed by atoms with van der Waals surface area (Å²) in [6.45, 7) is -0.159. The molecule has 0 aromatic heterocycles. The lowest BCUT2D eigenvalue weighted by atomic mass is 9.99. The molecule has 1 saturated heterocycles. The summed E-state index contributed by atoms with van der Waals surface area (Å²) < 4.78 is 21.0. The van der Waals surface area contributed by atoms with Crippen molar-refractivity contribution in [2.45, 2.75) is 37.3 Å². The topological polar surface area (TPSA) is 97.6 Å². The zero-order valence-electron chi connectivity index (χ0n) is 12.4. The van der Waals surface area contributed by atoms with Crippen LogP contribution in [0.1, 0.15) is 5.56 Å². The minimum absolute atomic E-state index is 0.109. The van der Waals surface area contributed by atoms with E-state index < -0.39 is 37.3 Å². The van der Waals surface area contributed by atoms with Crippen LogP contribution in [0.15, 0.2) is 30.3 Å². The highest BCUT2D eigenvalue weighted by Gasteiger charge is 2.45. The van der Waals surface area contributed by atoms with Gasteiger partial charge in [-0.15, -0.1) is 0 Å². The molecule has 0 unspecified atom stereocenters. The van der Waals surface area contributed by atoms with Gasteiger partial charge in [0.2, 0.25) is 0 Å². The van der Waals surface area contributed by atoms with Crippen LogP contribution < -0.4 is 0 Å². The molecule has 22 heavy (non-hydrogen) atoms. The number of aliphatic hydroxyl groups excluding tert-OH is 3. The minimum atomic E-state index is -1.18. The molecule has 7 heteroatoms. The van der Waals surface area contributed by atoms with Gasteiger partial charge in [0.25, 0.3) is 0 Å². The van der Waals surface area contributed by atoms with Gasteiger partial charge in [0.15, 0.2) is 6.29 Å². The summed E-state index contributed by atoms with van der Waals surface area (Å²) in [7, 11) is 1.36. The van der Waals surface area contributed by atoms with Gasteiger partial charge in [-0.25, -0.2) is 0 Å². The van der Waals surface area contributed by atoms with Crippen LogP contribution in [0.3, 0.4) is 0 Å². The van der Waals surface area contributed by atoms with Gasteiger partial charge in [-0.2, -0.15) is 0 Å². The first kappa shape index (κ1) is 17.3. The molecule has 1 aromatic rings. The highest BCUT2D eigenvalue weighted by molar-refractivity contribution is 5.13. The van der Waals surface area contributed by atoms with E-state index in [2.05, 4.69) is 0 Å². The number of benzene rings is 1. The molecule has 7 nitrogen and oxygen atoms in total. The van der Waals surface area contributed by atoms with E-state index in [0.717, 1.165) is 5.56 Å². The molecule has 1 aromatic carbocycles. The quantitative estimate of drug-likeness (QED) is 0.467. The third kappa shape index (κ3) is 4.23. The highest BCUT2D eigenvalue weighted by atomic mass is 16.7. The zero-order chi connectivity index (χ0) is 15.9. The maximum atomic E-state index is 10.1. The summed E-state index contributed by atoms with van der Waals surface area (Å²) in [5, 5.41) is 29.3. The first-order chi connectivity index (χ1) is 10.7. The van der Waals surface area contributed by atoms with Gasteiger partial charge in [0, 0.05) is 7.11 Å². The van der Waals surface area contributed by atoms with Crippen molar-refractivity contribution in [3.63, 3.8) is 0 Å². The van der Waals surface area contributed by atoms with Crippen molar-refractivity contribution in [2.75, 3.05) is 20.5 Å². The number of rotatable bonds is 7. The van der Waals surface area contributed by atoms with E-state index >= 15 is 0 Å². The summed E-state index contributed by atoms with van der Waals surface area (Å²) in [6, 6.07) is 9.55. The van der Waals surface area contributed by atoms with Crippen molar-refractivity contribution in [1.82, 2.24) is 0 Å². The second-order valence-electron chi connectivity index (χ2n) is 5.03. The third-order valence-electron chi connectivity index (χ3n) is 3.51. The van der Waals surface area contributed by atoms with Gasteiger partial charge in [0.1, 0.15) is 31.2 Å². The Bertz CT molecular complexity index is 411. The molecule has 0 bridgehead atoms. The van der Waals surface area contributed by atoms with E-state index in [1.807, 2.05) is 30.3 Å². The van der Waals surface area contributed by atoms with Crippen molar-refractivity contribution >= 4 is 0 Å². The van der Waals surface area contributed by atoms with Crippen molar-refractivity contribution in [1.29, 1.82) is 0 Å². The van der Waals surface area contributed by atoms with Crippen LogP contribution in [-0.4, -0.2) is 66.5 Å². The SMILES string of the molecule is CO[C@H]1O[C@H](CO)[C@H](O)[C@H](OCOCc2ccccc2)[C@H]1O. The van der Waals surface area contributed by atoms with Crippen LogP contribution in [-0.2, 0) is 25.6 Å². The Kier molecular flexibility index (Phi) is 6.71. The molecule has 124 valence electrons. The molecule has 1 aliphatic heterocycles. The summed E-state index contributed by atoms with van der Waals surface area (Å²) in [6.07, 6.45) is -5.17. The second kappa shape index (κ2) is 8.54. The average Bonchev–Trinajstić information content (AvgIpc) is 2.55. The molecule has 2 rings (SSSR count). The third-order valence-corrected chi connectivity index (χ3v) is 3.51. The summed E-state index contributed by atoms with van der Waals surface area (Å²) >= 11 is 0. The molecular weight excluding hydrogens is 292 g/mol. The molecule has 0 saturated carbocycles. The van der Waals surface area contributed by atoms with Crippen molar-refractivity contribution in [3.05, 3.63) is 35.9 Å². The lowest BCUT2D eigenvalue weighted by Crippen LogP contribution is -2.60. The number of hydrogen-bond donors (Lipinski definition) is 3. The smallest absolute Gasteiger partial charge is 0.186 e. The molecule has 0 spiro atoms. The summed E-state index contributed by atoms with van der Waals surface area (Å²) in [5.74, 6) is 0. The van der Waals surface area contributed by atoms with Crippen LogP contribution in [0, 0.1) is 0 Å². The van der Waals surface area contributed by atoms with Crippen molar-refractivity contribution in [2.24, 2.45) is 0 Å². The Labute approximate surface area is 129 Å². The summed E-state index contributed by atoms with van der Waals surface area (Å²) in [4.78, 5) is 0. The Balaban J connectivity index is 1.83. The Morgan fingerprint density at radius 1 is 1.14 bits per heavy atom. The number of aliphatic hydroxyl groups is 3. The van der Waals surface area contributed by atoms with Crippen LogP contribution in [0.5, 0.6) is 0 Å². The lowest BCUT2D eigenvalue weighted by molar-refractivity contribution is -0.310. The molecule has 3 N–H and O–H groups in total. The molecular formula is C15H22O7.